The van der Waals surface area contributed by atoms with Gasteiger partial charge in [0.2, 0.25) is 11.8 Å². The Hall–Kier alpha value is -3.85. The summed E-state index contributed by atoms with van der Waals surface area (Å²) in [5.74, 6) is -0.251. The van der Waals surface area contributed by atoms with Gasteiger partial charge in [-0.25, -0.2) is 8.42 Å². The number of hydrogen-bond acceptors (Lipinski definition) is 5. The summed E-state index contributed by atoms with van der Waals surface area (Å²) in [7, 11) is -1.06. The quantitative estimate of drug-likeness (QED) is 0.413. The first-order chi connectivity index (χ1) is 17.7. The first-order valence-electron chi connectivity index (χ1n) is 12.0. The second-order valence-electron chi connectivity index (χ2n) is 8.51. The van der Waals surface area contributed by atoms with Gasteiger partial charge in [-0.3, -0.25) is 13.9 Å². The Morgan fingerprint density at radius 1 is 0.946 bits per heavy atom. The highest BCUT2D eigenvalue weighted by molar-refractivity contribution is 7.92. The van der Waals surface area contributed by atoms with Crippen molar-refractivity contribution >= 4 is 27.5 Å². The standard InChI is InChI=1S/C28H33N3O5S/c1-5-26(28(33)29-3)30(19-22-12-10-9-11-21(22)2)27(32)20-31(23-15-17-24(36-4)18-16-23)37(34,35)25-13-7-6-8-14-25/h6-18,26H,5,19-20H2,1-4H3,(H,29,33)/t26-/m1/s1. The highest BCUT2D eigenvalue weighted by Gasteiger charge is 2.33. The number of aryl methyl sites for hydroxylation is 1. The van der Waals surface area contributed by atoms with Gasteiger partial charge in [0.1, 0.15) is 18.3 Å². The van der Waals surface area contributed by atoms with Crippen molar-refractivity contribution < 1.29 is 22.7 Å². The van der Waals surface area contributed by atoms with Crippen LogP contribution in [0.3, 0.4) is 0 Å². The highest BCUT2D eigenvalue weighted by Crippen LogP contribution is 2.27. The second kappa shape index (κ2) is 12.4. The topological polar surface area (TPSA) is 96.0 Å². The van der Waals surface area contributed by atoms with Crippen LogP contribution < -0.4 is 14.4 Å². The summed E-state index contributed by atoms with van der Waals surface area (Å²) in [6, 6.07) is 21.2. The number of carbonyl (C=O) groups is 2. The number of rotatable bonds is 11. The van der Waals surface area contributed by atoms with E-state index in [0.717, 1.165) is 15.4 Å². The van der Waals surface area contributed by atoms with Gasteiger partial charge in [-0.15, -0.1) is 0 Å². The van der Waals surface area contributed by atoms with Crippen molar-refractivity contribution in [1.82, 2.24) is 10.2 Å². The predicted molar refractivity (Wildman–Crippen MR) is 144 cm³/mol. The number of anilines is 1. The Morgan fingerprint density at radius 2 is 1.57 bits per heavy atom. The number of hydrogen-bond donors (Lipinski definition) is 1. The van der Waals surface area contributed by atoms with Crippen molar-refractivity contribution in [3.05, 3.63) is 90.0 Å². The maximum atomic E-state index is 13.9. The highest BCUT2D eigenvalue weighted by atomic mass is 32.2. The fraction of sp³-hybridized carbons (Fsp3) is 0.286. The molecule has 8 nitrogen and oxygen atoms in total. The maximum absolute atomic E-state index is 13.9. The molecule has 1 N–H and O–H groups in total. The van der Waals surface area contributed by atoms with Gasteiger partial charge in [0.15, 0.2) is 0 Å². The molecule has 0 aliphatic heterocycles. The van der Waals surface area contributed by atoms with Crippen molar-refractivity contribution in [2.45, 2.75) is 37.8 Å². The molecule has 3 aromatic rings. The van der Waals surface area contributed by atoms with Gasteiger partial charge in [0.05, 0.1) is 17.7 Å². The van der Waals surface area contributed by atoms with E-state index in [1.54, 1.807) is 42.5 Å². The number of nitrogens with one attached hydrogen (secondary N) is 1. The second-order valence-corrected chi connectivity index (χ2v) is 10.4. The van der Waals surface area contributed by atoms with Gasteiger partial charge in [0, 0.05) is 13.6 Å². The molecule has 0 fully saturated rings. The van der Waals surface area contributed by atoms with E-state index in [-0.39, 0.29) is 17.3 Å². The minimum atomic E-state index is -4.10. The number of likely N-dealkylation sites (N-methyl/N-ethyl adjacent to an activating group) is 1. The Balaban J connectivity index is 2.06. The van der Waals surface area contributed by atoms with E-state index in [4.69, 9.17) is 4.74 Å². The van der Waals surface area contributed by atoms with Gasteiger partial charge in [-0.05, 0) is 60.9 Å². The lowest BCUT2D eigenvalue weighted by Crippen LogP contribution is -2.51. The van der Waals surface area contributed by atoms with Crippen LogP contribution >= 0.6 is 0 Å². The summed E-state index contributed by atoms with van der Waals surface area (Å²) in [6.45, 7) is 3.44. The van der Waals surface area contributed by atoms with Crippen molar-refractivity contribution in [3.8, 4) is 5.75 Å². The van der Waals surface area contributed by atoms with Crippen LogP contribution in [0.5, 0.6) is 5.75 Å². The molecule has 1 atom stereocenters. The number of carbonyl (C=O) groups excluding carboxylic acids is 2. The van der Waals surface area contributed by atoms with Gasteiger partial charge in [-0.1, -0.05) is 49.4 Å². The molecular formula is C28H33N3O5S. The SMILES string of the molecule is CC[C@H](C(=O)NC)N(Cc1ccccc1C)C(=O)CN(c1ccc(OC)cc1)S(=O)(=O)c1ccccc1. The zero-order valence-electron chi connectivity index (χ0n) is 21.5. The van der Waals surface area contributed by atoms with Gasteiger partial charge in [-0.2, -0.15) is 0 Å². The summed E-state index contributed by atoms with van der Waals surface area (Å²) in [5.41, 5.74) is 2.15. The van der Waals surface area contributed by atoms with Crippen molar-refractivity contribution in [2.24, 2.45) is 0 Å². The lowest BCUT2D eigenvalue weighted by molar-refractivity contribution is -0.140. The molecule has 0 saturated heterocycles. The van der Waals surface area contributed by atoms with Crippen molar-refractivity contribution in [3.63, 3.8) is 0 Å². The minimum absolute atomic E-state index is 0.0578. The molecule has 9 heteroatoms. The van der Waals surface area contributed by atoms with E-state index >= 15 is 0 Å². The molecule has 0 heterocycles. The van der Waals surface area contributed by atoms with Crippen LogP contribution in [-0.4, -0.2) is 51.9 Å². The summed E-state index contributed by atoms with van der Waals surface area (Å²) < 4.78 is 33.8. The number of sulfonamides is 1. The van der Waals surface area contributed by atoms with E-state index in [0.29, 0.717) is 17.9 Å². The lowest BCUT2D eigenvalue weighted by atomic mass is 10.1. The zero-order valence-corrected chi connectivity index (χ0v) is 22.4. The molecule has 0 aliphatic carbocycles. The first kappa shape index (κ1) is 27.7. The summed E-state index contributed by atoms with van der Waals surface area (Å²) in [6.07, 6.45) is 0.366. The number of nitrogens with zero attached hydrogens (tertiary/aromatic N) is 2. The number of ether oxygens (including phenoxy) is 1. The molecular weight excluding hydrogens is 490 g/mol. The summed E-state index contributed by atoms with van der Waals surface area (Å²) in [5, 5.41) is 2.63. The lowest BCUT2D eigenvalue weighted by Gasteiger charge is -2.33. The molecule has 3 rings (SSSR count). The molecule has 3 aromatic carbocycles. The van der Waals surface area contributed by atoms with Crippen molar-refractivity contribution in [2.75, 3.05) is 25.0 Å². The van der Waals surface area contributed by atoms with E-state index in [1.165, 1.54) is 31.2 Å². The van der Waals surface area contributed by atoms with E-state index in [1.807, 2.05) is 38.1 Å². The molecule has 196 valence electrons. The van der Waals surface area contributed by atoms with E-state index < -0.39 is 28.5 Å². The normalized spacial score (nSPS) is 11.9. The van der Waals surface area contributed by atoms with E-state index in [9.17, 15) is 18.0 Å². The molecule has 0 aromatic heterocycles. The largest absolute Gasteiger partial charge is 0.497 e. The molecule has 0 saturated carbocycles. The number of methoxy groups -OCH3 is 1. The van der Waals surface area contributed by atoms with Crippen LogP contribution in [0.2, 0.25) is 0 Å². The Bertz CT molecular complexity index is 1310. The van der Waals surface area contributed by atoms with Crippen LogP contribution in [-0.2, 0) is 26.2 Å². The summed E-state index contributed by atoms with van der Waals surface area (Å²) >= 11 is 0. The zero-order chi connectivity index (χ0) is 27.0. The van der Waals surface area contributed by atoms with Gasteiger partial charge in [0.25, 0.3) is 10.0 Å². The molecule has 0 unspecified atom stereocenters. The van der Waals surface area contributed by atoms with Crippen LogP contribution in [0.25, 0.3) is 0 Å². The molecule has 0 radical (unpaired) electrons. The Morgan fingerprint density at radius 3 is 2.14 bits per heavy atom. The van der Waals surface area contributed by atoms with Crippen LogP contribution in [0.4, 0.5) is 5.69 Å². The monoisotopic (exact) mass is 523 g/mol. The third kappa shape index (κ3) is 6.48. The molecule has 2 amide bonds. The van der Waals surface area contributed by atoms with Crippen LogP contribution in [0, 0.1) is 6.92 Å². The first-order valence-corrected chi connectivity index (χ1v) is 13.4. The van der Waals surface area contributed by atoms with Crippen LogP contribution in [0.15, 0.2) is 83.8 Å². The molecule has 0 bridgehead atoms. The Kier molecular flexibility index (Phi) is 9.30. The minimum Gasteiger partial charge on any atom is -0.497 e. The number of amides is 2. The fourth-order valence-corrected chi connectivity index (χ4v) is 5.49. The molecule has 0 aliphatic rings. The van der Waals surface area contributed by atoms with Crippen LogP contribution in [0.1, 0.15) is 24.5 Å². The van der Waals surface area contributed by atoms with Gasteiger partial charge < -0.3 is 15.0 Å². The van der Waals surface area contributed by atoms with E-state index in [2.05, 4.69) is 5.32 Å². The third-order valence-electron chi connectivity index (χ3n) is 6.20. The maximum Gasteiger partial charge on any atom is 0.264 e. The van der Waals surface area contributed by atoms with Crippen molar-refractivity contribution in [1.29, 1.82) is 0 Å². The predicted octanol–water partition coefficient (Wildman–Crippen LogP) is 3.75. The third-order valence-corrected chi connectivity index (χ3v) is 7.99. The smallest absolute Gasteiger partial charge is 0.264 e. The molecule has 37 heavy (non-hydrogen) atoms. The average Bonchev–Trinajstić information content (AvgIpc) is 2.92. The number of benzene rings is 3. The summed E-state index contributed by atoms with van der Waals surface area (Å²) in [4.78, 5) is 28.2. The average molecular weight is 524 g/mol. The van der Waals surface area contributed by atoms with Gasteiger partial charge >= 0.3 is 0 Å². The molecule has 0 spiro atoms. The Labute approximate surface area is 218 Å². The fourth-order valence-electron chi connectivity index (χ4n) is 4.05.